The second-order valence-electron chi connectivity index (χ2n) is 6.00. The van der Waals surface area contributed by atoms with Gasteiger partial charge in [0.15, 0.2) is 17.2 Å². The predicted octanol–water partition coefficient (Wildman–Crippen LogP) is 2.49. The Morgan fingerprint density at radius 2 is 2.17 bits per heavy atom. The lowest BCUT2D eigenvalue weighted by atomic mass is 10.1. The van der Waals surface area contributed by atoms with Crippen LogP contribution >= 0.6 is 0 Å². The summed E-state index contributed by atoms with van der Waals surface area (Å²) in [7, 11) is 3.17. The van der Waals surface area contributed by atoms with Gasteiger partial charge in [-0.05, 0) is 25.8 Å². The van der Waals surface area contributed by atoms with Gasteiger partial charge in [0.05, 0.1) is 12.1 Å². The first-order valence-electron chi connectivity index (χ1n) is 7.61. The summed E-state index contributed by atoms with van der Waals surface area (Å²) in [5, 5.41) is 10.8. The number of benzene rings is 1. The topological polar surface area (TPSA) is 62.9 Å². The summed E-state index contributed by atoms with van der Waals surface area (Å²) in [4.78, 5) is 14.2. The number of likely N-dealkylation sites (N-methyl/N-ethyl adjacent to an activating group) is 1. The van der Waals surface area contributed by atoms with Crippen LogP contribution in [-0.4, -0.2) is 48.3 Å². The Bertz CT molecular complexity index is 742. The van der Waals surface area contributed by atoms with Crippen molar-refractivity contribution in [3.63, 3.8) is 0 Å². The van der Waals surface area contributed by atoms with E-state index in [-0.39, 0.29) is 29.4 Å². The summed E-state index contributed by atoms with van der Waals surface area (Å²) in [5.74, 6) is -0.743. The molecule has 3 atom stereocenters. The van der Waals surface area contributed by atoms with Crippen LogP contribution in [0.1, 0.15) is 29.0 Å². The van der Waals surface area contributed by atoms with Gasteiger partial charge in [-0.2, -0.15) is 0 Å². The molecule has 2 aromatic rings. The minimum Gasteiger partial charge on any atom is -0.448 e. The van der Waals surface area contributed by atoms with E-state index >= 15 is 0 Å². The molecule has 0 aliphatic heterocycles. The van der Waals surface area contributed by atoms with Gasteiger partial charge in [0.25, 0.3) is 5.91 Å². The Kier molecular flexibility index (Phi) is 4.12. The summed E-state index contributed by atoms with van der Waals surface area (Å²) < 4.78 is 24.5. The molecule has 0 radical (unpaired) electrons. The van der Waals surface area contributed by atoms with Crippen LogP contribution in [0.5, 0.6) is 0 Å². The van der Waals surface area contributed by atoms with Crippen LogP contribution in [0.4, 0.5) is 4.39 Å². The normalized spacial score (nSPS) is 24.3. The standard InChI is InChI=1S/C17H20FNO4/c1-9-10-5-4-6-11(18)16(10)23-15(9)17(21)19(2)12-7-8-13(22-3)14(12)20/h4-6,12-14,20H,7-8H2,1-3H3/t12-,13-,14-/m1/s1. The largest absolute Gasteiger partial charge is 0.448 e. The smallest absolute Gasteiger partial charge is 0.289 e. The molecular weight excluding hydrogens is 301 g/mol. The van der Waals surface area contributed by atoms with Gasteiger partial charge in [-0.25, -0.2) is 4.39 Å². The zero-order valence-corrected chi connectivity index (χ0v) is 13.4. The highest BCUT2D eigenvalue weighted by Gasteiger charge is 2.40. The fourth-order valence-electron chi connectivity index (χ4n) is 3.33. The van der Waals surface area contributed by atoms with Crippen LogP contribution in [0.15, 0.2) is 22.6 Å². The number of aryl methyl sites for hydroxylation is 1. The Hall–Kier alpha value is -1.92. The van der Waals surface area contributed by atoms with Crippen LogP contribution in [0.2, 0.25) is 0 Å². The van der Waals surface area contributed by atoms with Gasteiger partial charge in [-0.3, -0.25) is 4.79 Å². The number of aliphatic hydroxyl groups is 1. The van der Waals surface area contributed by atoms with Gasteiger partial charge < -0.3 is 19.2 Å². The zero-order valence-electron chi connectivity index (χ0n) is 13.4. The number of para-hydroxylation sites is 1. The minimum atomic E-state index is -0.740. The molecule has 1 amide bonds. The molecule has 1 N–H and O–H groups in total. The molecule has 5 nitrogen and oxygen atoms in total. The molecule has 1 aromatic heterocycles. The number of methoxy groups -OCH3 is 1. The summed E-state index contributed by atoms with van der Waals surface area (Å²) in [6.07, 6.45) is 0.323. The summed E-state index contributed by atoms with van der Waals surface area (Å²) >= 11 is 0. The zero-order chi connectivity index (χ0) is 16.7. The number of aliphatic hydroxyl groups excluding tert-OH is 1. The second kappa shape index (κ2) is 5.94. The molecule has 1 saturated carbocycles. The van der Waals surface area contributed by atoms with Gasteiger partial charge in [0.1, 0.15) is 6.10 Å². The van der Waals surface area contributed by atoms with E-state index in [1.54, 1.807) is 33.2 Å². The SMILES string of the molecule is CO[C@@H]1CC[C@@H](N(C)C(=O)c2oc3c(F)cccc3c2C)[C@H]1O. The van der Waals surface area contributed by atoms with Crippen molar-refractivity contribution in [1.29, 1.82) is 0 Å². The van der Waals surface area contributed by atoms with E-state index in [2.05, 4.69) is 0 Å². The molecule has 0 spiro atoms. The number of carbonyl (C=O) groups excluding carboxylic acids is 1. The van der Waals surface area contributed by atoms with Crippen molar-refractivity contribution in [2.24, 2.45) is 0 Å². The fraction of sp³-hybridized carbons (Fsp3) is 0.471. The van der Waals surface area contributed by atoms with Crippen molar-refractivity contribution >= 4 is 16.9 Å². The maximum Gasteiger partial charge on any atom is 0.289 e. The maximum absolute atomic E-state index is 13.8. The van der Waals surface area contributed by atoms with Crippen LogP contribution in [0, 0.1) is 12.7 Å². The molecule has 6 heteroatoms. The number of amides is 1. The molecule has 1 aromatic carbocycles. The summed E-state index contributed by atoms with van der Waals surface area (Å²) in [6.45, 7) is 1.73. The van der Waals surface area contributed by atoms with Crippen molar-refractivity contribution in [2.45, 2.75) is 38.0 Å². The highest BCUT2D eigenvalue weighted by Crippen LogP contribution is 2.31. The van der Waals surface area contributed by atoms with E-state index in [9.17, 15) is 14.3 Å². The second-order valence-corrected chi connectivity index (χ2v) is 6.00. The van der Waals surface area contributed by atoms with Gasteiger partial charge in [-0.15, -0.1) is 0 Å². The van der Waals surface area contributed by atoms with Crippen LogP contribution in [-0.2, 0) is 4.74 Å². The number of nitrogens with zero attached hydrogens (tertiary/aromatic N) is 1. The number of furan rings is 1. The van der Waals surface area contributed by atoms with Crippen molar-refractivity contribution in [1.82, 2.24) is 4.90 Å². The molecule has 0 bridgehead atoms. The lowest BCUT2D eigenvalue weighted by molar-refractivity contribution is -0.0160. The first-order valence-corrected chi connectivity index (χ1v) is 7.61. The molecular formula is C17H20FNO4. The minimum absolute atomic E-state index is 0.0866. The number of hydrogen-bond acceptors (Lipinski definition) is 4. The fourth-order valence-corrected chi connectivity index (χ4v) is 3.33. The number of hydrogen-bond donors (Lipinski definition) is 1. The average Bonchev–Trinajstić information content (AvgIpc) is 3.08. The van der Waals surface area contributed by atoms with E-state index in [1.165, 1.54) is 11.0 Å². The van der Waals surface area contributed by atoms with Crippen molar-refractivity contribution < 1.29 is 23.4 Å². The van der Waals surface area contributed by atoms with E-state index in [4.69, 9.17) is 9.15 Å². The molecule has 23 heavy (non-hydrogen) atoms. The number of carbonyl (C=O) groups is 1. The Labute approximate surface area is 133 Å². The molecule has 1 aliphatic carbocycles. The third-order valence-electron chi connectivity index (χ3n) is 4.75. The third kappa shape index (κ3) is 2.52. The number of ether oxygens (including phenoxy) is 1. The Balaban J connectivity index is 1.91. The molecule has 1 aliphatic rings. The maximum atomic E-state index is 13.8. The van der Waals surface area contributed by atoms with Crippen LogP contribution < -0.4 is 0 Å². The molecule has 0 unspecified atom stereocenters. The molecule has 1 heterocycles. The Morgan fingerprint density at radius 1 is 1.43 bits per heavy atom. The van der Waals surface area contributed by atoms with Gasteiger partial charge in [0.2, 0.25) is 0 Å². The lowest BCUT2D eigenvalue weighted by Crippen LogP contribution is -2.44. The van der Waals surface area contributed by atoms with Gasteiger partial charge in [0, 0.05) is 25.1 Å². The molecule has 124 valence electrons. The van der Waals surface area contributed by atoms with Crippen molar-refractivity contribution in [3.05, 3.63) is 35.3 Å². The van der Waals surface area contributed by atoms with E-state index in [1.807, 2.05) is 0 Å². The van der Waals surface area contributed by atoms with E-state index in [0.717, 1.165) is 0 Å². The highest BCUT2D eigenvalue weighted by molar-refractivity contribution is 5.99. The number of fused-ring (bicyclic) bond motifs is 1. The number of rotatable bonds is 3. The van der Waals surface area contributed by atoms with E-state index in [0.29, 0.717) is 23.8 Å². The third-order valence-corrected chi connectivity index (χ3v) is 4.75. The molecule has 3 rings (SSSR count). The number of halogens is 1. The predicted molar refractivity (Wildman–Crippen MR) is 82.8 cm³/mol. The summed E-state index contributed by atoms with van der Waals surface area (Å²) in [6, 6.07) is 4.26. The summed E-state index contributed by atoms with van der Waals surface area (Å²) in [5.41, 5.74) is 0.690. The molecule has 1 fully saturated rings. The Morgan fingerprint density at radius 3 is 2.78 bits per heavy atom. The monoisotopic (exact) mass is 321 g/mol. The van der Waals surface area contributed by atoms with Gasteiger partial charge in [-0.1, -0.05) is 12.1 Å². The molecule has 0 saturated heterocycles. The van der Waals surface area contributed by atoms with E-state index < -0.39 is 11.9 Å². The van der Waals surface area contributed by atoms with Crippen LogP contribution in [0.25, 0.3) is 11.0 Å². The quantitative estimate of drug-likeness (QED) is 0.943. The van der Waals surface area contributed by atoms with Gasteiger partial charge >= 0.3 is 0 Å². The first-order chi connectivity index (χ1) is 11.0. The average molecular weight is 321 g/mol. The van der Waals surface area contributed by atoms with Crippen molar-refractivity contribution in [3.8, 4) is 0 Å². The first kappa shape index (κ1) is 16.0. The lowest BCUT2D eigenvalue weighted by Gasteiger charge is -2.27. The van der Waals surface area contributed by atoms with Crippen LogP contribution in [0.3, 0.4) is 0 Å². The van der Waals surface area contributed by atoms with Crippen molar-refractivity contribution in [2.75, 3.05) is 14.2 Å². The highest BCUT2D eigenvalue weighted by atomic mass is 19.1.